The monoisotopic (exact) mass is 422 g/mol. The maximum atomic E-state index is 12.5. The molecule has 0 radical (unpaired) electrons. The van der Waals surface area contributed by atoms with Crippen molar-refractivity contribution >= 4 is 44.7 Å². The molecule has 0 atom stereocenters. The van der Waals surface area contributed by atoms with Crippen LogP contribution in [0.15, 0.2) is 60.7 Å². The second-order valence-corrected chi connectivity index (χ2v) is 8.04. The first-order chi connectivity index (χ1) is 14.0. The van der Waals surface area contributed by atoms with E-state index in [1.165, 1.54) is 10.3 Å². The largest absolute Gasteiger partial charge is 0.492 e. The maximum absolute atomic E-state index is 12.5. The molecule has 0 unspecified atom stereocenters. The number of rotatable bonds is 5. The summed E-state index contributed by atoms with van der Waals surface area (Å²) in [7, 11) is 0. The van der Waals surface area contributed by atoms with Crippen molar-refractivity contribution in [2.75, 3.05) is 11.9 Å². The number of halogens is 1. The molecule has 3 aromatic carbocycles. The van der Waals surface area contributed by atoms with Gasteiger partial charge in [-0.3, -0.25) is 4.79 Å². The zero-order chi connectivity index (χ0) is 20.4. The molecule has 0 aliphatic rings. The van der Waals surface area contributed by atoms with Crippen LogP contribution in [0.5, 0.6) is 5.75 Å². The highest BCUT2D eigenvalue weighted by atomic mass is 35.5. The van der Waals surface area contributed by atoms with E-state index in [-0.39, 0.29) is 5.91 Å². The molecule has 0 spiro atoms. The second kappa shape index (κ2) is 8.23. The van der Waals surface area contributed by atoms with Crippen LogP contribution in [0, 0.1) is 6.92 Å². The number of carbonyl (C=O) groups excluding carboxylic acids is 1. The molecule has 0 fully saturated rings. The number of nitrogens with one attached hydrogen (secondary N) is 1. The number of aryl methyl sites for hydroxylation is 1. The molecule has 29 heavy (non-hydrogen) atoms. The average molecular weight is 423 g/mol. The molecule has 4 rings (SSSR count). The molecule has 6 heteroatoms. The first-order valence-electron chi connectivity index (χ1n) is 9.25. The zero-order valence-corrected chi connectivity index (χ0v) is 17.6. The fourth-order valence-electron chi connectivity index (χ4n) is 2.97. The van der Waals surface area contributed by atoms with Gasteiger partial charge in [0, 0.05) is 16.8 Å². The summed E-state index contributed by atoms with van der Waals surface area (Å²) in [6.07, 6.45) is 0. The third-order valence-electron chi connectivity index (χ3n) is 4.43. The van der Waals surface area contributed by atoms with Gasteiger partial charge < -0.3 is 10.1 Å². The van der Waals surface area contributed by atoms with Crippen LogP contribution in [0.3, 0.4) is 0 Å². The van der Waals surface area contributed by atoms with Crippen molar-refractivity contribution in [2.24, 2.45) is 0 Å². The smallest absolute Gasteiger partial charge is 0.255 e. The standard InChI is InChI=1S/C23H19ClN2O2S/c1-3-28-20-11-7-16(13-18(20)24)22(27)25-17-8-5-15(6-9-17)23-26-19-10-4-14(2)12-21(19)29-23/h4-13H,3H2,1-2H3,(H,25,27). The molecule has 0 aliphatic heterocycles. The Morgan fingerprint density at radius 2 is 1.90 bits per heavy atom. The molecule has 4 nitrogen and oxygen atoms in total. The second-order valence-electron chi connectivity index (χ2n) is 6.60. The molecule has 1 amide bonds. The van der Waals surface area contributed by atoms with Crippen LogP contribution in [0.2, 0.25) is 5.02 Å². The first kappa shape index (κ1) is 19.4. The van der Waals surface area contributed by atoms with Gasteiger partial charge in [-0.05, 0) is 74.0 Å². The lowest BCUT2D eigenvalue weighted by Crippen LogP contribution is -2.11. The maximum Gasteiger partial charge on any atom is 0.255 e. The Hall–Kier alpha value is -2.89. The van der Waals surface area contributed by atoms with E-state index >= 15 is 0 Å². The Balaban J connectivity index is 1.50. The van der Waals surface area contributed by atoms with Crippen LogP contribution < -0.4 is 10.1 Å². The van der Waals surface area contributed by atoms with Crippen molar-refractivity contribution in [3.63, 3.8) is 0 Å². The van der Waals surface area contributed by atoms with Crippen molar-refractivity contribution in [1.82, 2.24) is 4.98 Å². The van der Waals surface area contributed by atoms with Gasteiger partial charge in [0.2, 0.25) is 0 Å². The fourth-order valence-corrected chi connectivity index (χ4v) is 4.27. The summed E-state index contributed by atoms with van der Waals surface area (Å²) in [6.45, 7) is 4.48. The van der Waals surface area contributed by atoms with Crippen molar-refractivity contribution in [3.05, 3.63) is 76.8 Å². The Morgan fingerprint density at radius 3 is 2.62 bits per heavy atom. The van der Waals surface area contributed by atoms with Gasteiger partial charge in [-0.25, -0.2) is 4.98 Å². The highest BCUT2D eigenvalue weighted by Gasteiger charge is 2.11. The van der Waals surface area contributed by atoms with E-state index in [9.17, 15) is 4.79 Å². The number of hydrogen-bond acceptors (Lipinski definition) is 4. The lowest BCUT2D eigenvalue weighted by molar-refractivity contribution is 0.102. The minimum atomic E-state index is -0.224. The molecule has 1 N–H and O–H groups in total. The van der Waals surface area contributed by atoms with E-state index in [4.69, 9.17) is 21.3 Å². The number of thiazole rings is 1. The third-order valence-corrected chi connectivity index (χ3v) is 5.79. The van der Waals surface area contributed by atoms with Gasteiger partial charge in [-0.2, -0.15) is 0 Å². The van der Waals surface area contributed by atoms with E-state index in [0.29, 0.717) is 28.6 Å². The van der Waals surface area contributed by atoms with Crippen LogP contribution in [-0.2, 0) is 0 Å². The van der Waals surface area contributed by atoms with Gasteiger partial charge in [0.05, 0.1) is 21.8 Å². The summed E-state index contributed by atoms with van der Waals surface area (Å²) in [5.41, 5.74) is 4.43. The average Bonchev–Trinajstić information content (AvgIpc) is 3.13. The lowest BCUT2D eigenvalue weighted by atomic mass is 10.1. The van der Waals surface area contributed by atoms with E-state index in [0.717, 1.165) is 16.1 Å². The summed E-state index contributed by atoms with van der Waals surface area (Å²) in [6, 6.07) is 19.0. The van der Waals surface area contributed by atoms with Gasteiger partial charge in [0.25, 0.3) is 5.91 Å². The number of carbonyl (C=O) groups is 1. The zero-order valence-electron chi connectivity index (χ0n) is 16.0. The van der Waals surface area contributed by atoms with E-state index in [1.54, 1.807) is 29.5 Å². The van der Waals surface area contributed by atoms with Crippen molar-refractivity contribution in [3.8, 4) is 16.3 Å². The van der Waals surface area contributed by atoms with Crippen molar-refractivity contribution in [2.45, 2.75) is 13.8 Å². The van der Waals surface area contributed by atoms with Gasteiger partial charge in [0.15, 0.2) is 0 Å². The highest BCUT2D eigenvalue weighted by Crippen LogP contribution is 2.31. The van der Waals surface area contributed by atoms with Gasteiger partial charge in [0.1, 0.15) is 10.8 Å². The summed E-state index contributed by atoms with van der Waals surface area (Å²) in [4.78, 5) is 17.2. The Kier molecular flexibility index (Phi) is 5.51. The predicted molar refractivity (Wildman–Crippen MR) is 120 cm³/mol. The number of hydrogen-bond donors (Lipinski definition) is 1. The summed E-state index contributed by atoms with van der Waals surface area (Å²) in [5.74, 6) is 0.347. The fraction of sp³-hybridized carbons (Fsp3) is 0.130. The predicted octanol–water partition coefficient (Wildman–Crippen LogP) is 6.58. The third kappa shape index (κ3) is 4.26. The molecule has 146 valence electrons. The van der Waals surface area contributed by atoms with Crippen LogP contribution in [0.1, 0.15) is 22.8 Å². The lowest BCUT2D eigenvalue weighted by Gasteiger charge is -2.09. The van der Waals surface area contributed by atoms with Gasteiger partial charge in [-0.1, -0.05) is 17.7 Å². The molecule has 4 aromatic rings. The Morgan fingerprint density at radius 1 is 1.10 bits per heavy atom. The topological polar surface area (TPSA) is 51.2 Å². The summed E-state index contributed by atoms with van der Waals surface area (Å²) in [5, 5.41) is 4.27. The number of anilines is 1. The first-order valence-corrected chi connectivity index (χ1v) is 10.4. The molecule has 0 saturated heterocycles. The molecular weight excluding hydrogens is 404 g/mol. The van der Waals surface area contributed by atoms with Crippen molar-refractivity contribution < 1.29 is 9.53 Å². The summed E-state index contributed by atoms with van der Waals surface area (Å²) >= 11 is 7.84. The minimum absolute atomic E-state index is 0.224. The van der Waals surface area contributed by atoms with Gasteiger partial charge >= 0.3 is 0 Å². The van der Waals surface area contributed by atoms with Crippen LogP contribution >= 0.6 is 22.9 Å². The molecule has 0 bridgehead atoms. The van der Waals surface area contributed by atoms with E-state index in [1.807, 2.05) is 37.3 Å². The number of aromatic nitrogens is 1. The molecule has 1 aromatic heterocycles. The number of nitrogens with zero attached hydrogens (tertiary/aromatic N) is 1. The van der Waals surface area contributed by atoms with Gasteiger partial charge in [-0.15, -0.1) is 11.3 Å². The number of ether oxygens (including phenoxy) is 1. The number of fused-ring (bicyclic) bond motifs is 1. The van der Waals surface area contributed by atoms with Crippen LogP contribution in [-0.4, -0.2) is 17.5 Å². The van der Waals surface area contributed by atoms with Crippen molar-refractivity contribution in [1.29, 1.82) is 0 Å². The van der Waals surface area contributed by atoms with E-state index in [2.05, 4.69) is 24.4 Å². The SMILES string of the molecule is CCOc1ccc(C(=O)Nc2ccc(-c3nc4ccc(C)cc4s3)cc2)cc1Cl. The normalized spacial score (nSPS) is 10.9. The number of amides is 1. The molecule has 0 aliphatic carbocycles. The summed E-state index contributed by atoms with van der Waals surface area (Å²) < 4.78 is 6.58. The van der Waals surface area contributed by atoms with E-state index < -0.39 is 0 Å². The highest BCUT2D eigenvalue weighted by molar-refractivity contribution is 7.21. The molecule has 0 saturated carbocycles. The molecular formula is C23H19ClN2O2S. The van der Waals surface area contributed by atoms with Crippen LogP contribution in [0.25, 0.3) is 20.8 Å². The quantitative estimate of drug-likeness (QED) is 0.395. The number of benzene rings is 3. The molecule has 1 heterocycles. The van der Waals surface area contributed by atoms with Crippen LogP contribution in [0.4, 0.5) is 5.69 Å². The Bertz CT molecular complexity index is 1190. The Labute approximate surface area is 178 Å². The minimum Gasteiger partial charge on any atom is -0.492 e.